The van der Waals surface area contributed by atoms with Gasteiger partial charge in [0.2, 0.25) is 0 Å². The summed E-state index contributed by atoms with van der Waals surface area (Å²) in [5.41, 5.74) is 0. The first-order chi connectivity index (χ1) is 8.15. The van der Waals surface area contributed by atoms with Crippen LogP contribution >= 0.6 is 0 Å². The second-order valence-corrected chi connectivity index (χ2v) is 4.61. The van der Waals surface area contributed by atoms with E-state index in [9.17, 15) is 9.59 Å². The Labute approximate surface area is 100 Å². The molecular formula is C12H17NO4. The number of hydrogen-bond acceptors (Lipinski definition) is 3. The van der Waals surface area contributed by atoms with Crippen LogP contribution in [0.5, 0.6) is 0 Å². The minimum atomic E-state index is -0.941. The van der Waals surface area contributed by atoms with Gasteiger partial charge in [0, 0.05) is 6.04 Å². The molecule has 0 bridgehead atoms. The molecule has 94 valence electrons. The Morgan fingerprint density at radius 3 is 2.59 bits per heavy atom. The number of carboxylic acids is 1. The van der Waals surface area contributed by atoms with Gasteiger partial charge in [0.25, 0.3) is 0 Å². The quantitative estimate of drug-likeness (QED) is 0.757. The predicted molar refractivity (Wildman–Crippen MR) is 60.6 cm³/mol. The third kappa shape index (κ3) is 2.43. The number of amides is 1. The molecule has 1 N–H and O–H groups in total. The summed E-state index contributed by atoms with van der Waals surface area (Å²) >= 11 is 0. The van der Waals surface area contributed by atoms with E-state index in [1.54, 1.807) is 0 Å². The number of carbonyl (C=O) groups excluding carboxylic acids is 1. The number of nitrogens with zero attached hydrogens (tertiary/aromatic N) is 1. The molecule has 17 heavy (non-hydrogen) atoms. The van der Waals surface area contributed by atoms with Crippen molar-refractivity contribution >= 4 is 12.1 Å². The molecule has 2 fully saturated rings. The molecule has 0 aromatic rings. The number of carboxylic acid groups (broad SMARTS) is 1. The van der Waals surface area contributed by atoms with Gasteiger partial charge >= 0.3 is 12.1 Å². The van der Waals surface area contributed by atoms with Crippen molar-refractivity contribution in [2.24, 2.45) is 5.92 Å². The standard InChI is InChI=1S/C12H17NO4/c1-2-7-17-12(16)13-9(8-3-4-8)5-6-10(13)11(14)15/h2,8-10H,1,3-7H2,(H,14,15)/t9-,10-/m0/s1. The van der Waals surface area contributed by atoms with Crippen LogP contribution in [0.3, 0.4) is 0 Å². The van der Waals surface area contributed by atoms with Crippen LogP contribution in [0.1, 0.15) is 25.7 Å². The van der Waals surface area contributed by atoms with Gasteiger partial charge in [-0.25, -0.2) is 9.59 Å². The van der Waals surface area contributed by atoms with Crippen LogP contribution in [0.15, 0.2) is 12.7 Å². The van der Waals surface area contributed by atoms with Gasteiger partial charge in [0.05, 0.1) is 0 Å². The van der Waals surface area contributed by atoms with E-state index in [2.05, 4.69) is 6.58 Å². The van der Waals surface area contributed by atoms with E-state index >= 15 is 0 Å². The number of aliphatic carboxylic acids is 1. The normalized spacial score (nSPS) is 27.9. The Balaban J connectivity index is 2.07. The molecule has 1 amide bonds. The van der Waals surface area contributed by atoms with E-state index in [1.165, 1.54) is 11.0 Å². The molecule has 1 aliphatic carbocycles. The van der Waals surface area contributed by atoms with Crippen LogP contribution in [-0.2, 0) is 9.53 Å². The monoisotopic (exact) mass is 239 g/mol. The summed E-state index contributed by atoms with van der Waals surface area (Å²) in [6.07, 6.45) is 4.43. The number of hydrogen-bond donors (Lipinski definition) is 1. The van der Waals surface area contributed by atoms with Gasteiger partial charge in [-0.2, -0.15) is 0 Å². The molecule has 0 aromatic carbocycles. The minimum Gasteiger partial charge on any atom is -0.480 e. The zero-order valence-electron chi connectivity index (χ0n) is 9.67. The van der Waals surface area contributed by atoms with Gasteiger partial charge in [-0.05, 0) is 31.6 Å². The van der Waals surface area contributed by atoms with Crippen molar-refractivity contribution in [1.82, 2.24) is 4.90 Å². The first-order valence-corrected chi connectivity index (χ1v) is 5.94. The lowest BCUT2D eigenvalue weighted by molar-refractivity contribution is -0.142. The summed E-state index contributed by atoms with van der Waals surface area (Å²) in [5, 5.41) is 9.11. The molecule has 0 radical (unpaired) electrons. The largest absolute Gasteiger partial charge is 0.480 e. The second kappa shape index (κ2) is 4.77. The molecular weight excluding hydrogens is 222 g/mol. The van der Waals surface area contributed by atoms with Crippen molar-refractivity contribution in [1.29, 1.82) is 0 Å². The van der Waals surface area contributed by atoms with Crippen molar-refractivity contribution < 1.29 is 19.4 Å². The third-order valence-corrected chi connectivity index (χ3v) is 3.42. The van der Waals surface area contributed by atoms with E-state index in [0.29, 0.717) is 12.3 Å². The molecule has 2 aliphatic rings. The highest BCUT2D eigenvalue weighted by Crippen LogP contribution is 2.42. The van der Waals surface area contributed by atoms with Crippen molar-refractivity contribution in [3.8, 4) is 0 Å². The fraction of sp³-hybridized carbons (Fsp3) is 0.667. The second-order valence-electron chi connectivity index (χ2n) is 4.61. The van der Waals surface area contributed by atoms with E-state index in [4.69, 9.17) is 9.84 Å². The fourth-order valence-electron chi connectivity index (χ4n) is 2.49. The van der Waals surface area contributed by atoms with Gasteiger partial charge < -0.3 is 9.84 Å². The summed E-state index contributed by atoms with van der Waals surface area (Å²) in [4.78, 5) is 24.4. The molecule has 1 aliphatic heterocycles. The number of carbonyl (C=O) groups is 2. The molecule has 0 spiro atoms. The smallest absolute Gasteiger partial charge is 0.411 e. The van der Waals surface area contributed by atoms with Crippen molar-refractivity contribution in [3.05, 3.63) is 12.7 Å². The molecule has 2 rings (SSSR count). The SMILES string of the molecule is C=CCOC(=O)N1[C@H](C(=O)O)CC[C@H]1C1CC1. The van der Waals surface area contributed by atoms with E-state index in [1.807, 2.05) is 0 Å². The van der Waals surface area contributed by atoms with Crippen molar-refractivity contribution in [3.63, 3.8) is 0 Å². The Bertz CT molecular complexity index is 337. The molecule has 1 saturated heterocycles. The molecule has 1 saturated carbocycles. The van der Waals surface area contributed by atoms with Crippen LogP contribution in [0.4, 0.5) is 4.79 Å². The Morgan fingerprint density at radius 1 is 1.35 bits per heavy atom. The molecule has 2 atom stereocenters. The first-order valence-electron chi connectivity index (χ1n) is 5.94. The average Bonchev–Trinajstić information content (AvgIpc) is 3.04. The Hall–Kier alpha value is -1.52. The minimum absolute atomic E-state index is 0.0495. The zero-order valence-corrected chi connectivity index (χ0v) is 9.67. The van der Waals surface area contributed by atoms with Crippen molar-refractivity contribution in [2.75, 3.05) is 6.61 Å². The molecule has 5 nitrogen and oxygen atoms in total. The number of rotatable bonds is 4. The molecule has 5 heteroatoms. The van der Waals surface area contributed by atoms with Crippen LogP contribution in [0.2, 0.25) is 0 Å². The van der Waals surface area contributed by atoms with Crippen molar-refractivity contribution in [2.45, 2.75) is 37.8 Å². The third-order valence-electron chi connectivity index (χ3n) is 3.42. The van der Waals surface area contributed by atoms with Gasteiger partial charge in [0.15, 0.2) is 0 Å². The van der Waals surface area contributed by atoms with Gasteiger partial charge in [-0.3, -0.25) is 4.90 Å². The predicted octanol–water partition coefficient (Wildman–Crippen LogP) is 1.64. The van der Waals surface area contributed by atoms with Crippen LogP contribution in [-0.4, -0.2) is 40.8 Å². The zero-order chi connectivity index (χ0) is 12.4. The molecule has 0 aromatic heterocycles. The van der Waals surface area contributed by atoms with Gasteiger partial charge in [-0.1, -0.05) is 12.7 Å². The topological polar surface area (TPSA) is 66.8 Å². The fourth-order valence-corrected chi connectivity index (χ4v) is 2.49. The summed E-state index contributed by atoms with van der Waals surface area (Å²) in [6, 6.07) is -0.675. The van der Waals surface area contributed by atoms with Gasteiger partial charge in [0.1, 0.15) is 12.6 Å². The molecule has 0 unspecified atom stereocenters. The average molecular weight is 239 g/mol. The maximum atomic E-state index is 11.9. The highest BCUT2D eigenvalue weighted by molar-refractivity contribution is 5.81. The lowest BCUT2D eigenvalue weighted by atomic mass is 10.1. The van der Waals surface area contributed by atoms with Crippen LogP contribution in [0, 0.1) is 5.92 Å². The summed E-state index contributed by atoms with van der Waals surface area (Å²) in [5.74, 6) is -0.473. The maximum Gasteiger partial charge on any atom is 0.411 e. The van der Waals surface area contributed by atoms with E-state index < -0.39 is 18.1 Å². The molecule has 1 heterocycles. The highest BCUT2D eigenvalue weighted by atomic mass is 16.6. The summed E-state index contributed by atoms with van der Waals surface area (Å²) in [6.45, 7) is 3.59. The number of likely N-dealkylation sites (tertiary alicyclic amines) is 1. The van der Waals surface area contributed by atoms with Gasteiger partial charge in [-0.15, -0.1) is 0 Å². The van der Waals surface area contributed by atoms with Crippen LogP contribution in [0.25, 0.3) is 0 Å². The maximum absolute atomic E-state index is 11.9. The Morgan fingerprint density at radius 2 is 2.06 bits per heavy atom. The van der Waals surface area contributed by atoms with E-state index in [-0.39, 0.29) is 12.6 Å². The highest BCUT2D eigenvalue weighted by Gasteiger charge is 2.47. The van der Waals surface area contributed by atoms with Crippen LogP contribution < -0.4 is 0 Å². The lowest BCUT2D eigenvalue weighted by Crippen LogP contribution is -2.46. The lowest BCUT2D eigenvalue weighted by Gasteiger charge is -2.27. The Kier molecular flexibility index (Phi) is 3.36. The number of ether oxygens (including phenoxy) is 1. The van der Waals surface area contributed by atoms with E-state index in [0.717, 1.165) is 19.3 Å². The first kappa shape index (κ1) is 12.0. The summed E-state index contributed by atoms with van der Waals surface area (Å²) in [7, 11) is 0. The summed E-state index contributed by atoms with van der Waals surface area (Å²) < 4.78 is 4.97.